The normalized spacial score (nSPS) is 10.5. The fourth-order valence-electron chi connectivity index (χ4n) is 2.33. The molecule has 0 unspecified atom stereocenters. The van der Waals surface area contributed by atoms with Crippen molar-refractivity contribution in [2.75, 3.05) is 0 Å². The van der Waals surface area contributed by atoms with Gasteiger partial charge in [-0.25, -0.2) is 4.98 Å². The number of Topliss-reactive ketones (excluding diaryl/α,β-unsaturated/α-hetero) is 1. The highest BCUT2D eigenvalue weighted by Gasteiger charge is 2.15. The molecule has 6 nitrogen and oxygen atoms in total. The Morgan fingerprint density at radius 2 is 2.12 bits per heavy atom. The first-order valence-electron chi connectivity index (χ1n) is 7.62. The third-order valence-corrected chi connectivity index (χ3v) is 4.90. The van der Waals surface area contributed by atoms with Crippen molar-refractivity contribution < 1.29 is 9.32 Å². The summed E-state index contributed by atoms with van der Waals surface area (Å²) in [4.78, 5) is 20.3. The Bertz CT molecular complexity index is 1030. The lowest BCUT2D eigenvalue weighted by Gasteiger charge is -2.06. The predicted molar refractivity (Wildman–Crippen MR) is 98.0 cm³/mol. The third-order valence-electron chi connectivity index (χ3n) is 3.59. The van der Waals surface area contributed by atoms with Crippen molar-refractivity contribution in [2.24, 2.45) is 0 Å². The molecule has 0 aliphatic carbocycles. The Morgan fingerprint density at radius 1 is 1.35 bits per heavy atom. The number of carbonyl (C=O) groups excluding carboxylic acids is 1. The Morgan fingerprint density at radius 3 is 2.81 bits per heavy atom. The van der Waals surface area contributed by atoms with Gasteiger partial charge in [0.2, 0.25) is 11.7 Å². The van der Waals surface area contributed by atoms with Gasteiger partial charge in [0.25, 0.3) is 0 Å². The second kappa shape index (κ2) is 7.68. The molecule has 0 atom stereocenters. The van der Waals surface area contributed by atoms with Gasteiger partial charge in [-0.05, 0) is 32.0 Å². The van der Waals surface area contributed by atoms with Gasteiger partial charge in [0.05, 0.1) is 16.3 Å². The molecule has 0 radical (unpaired) electrons. The van der Waals surface area contributed by atoms with Crippen molar-refractivity contribution in [3.8, 4) is 17.5 Å². The van der Waals surface area contributed by atoms with Crippen LogP contribution in [0.15, 0.2) is 39.9 Å². The number of halogens is 1. The molecule has 0 spiro atoms. The molecule has 3 aromatic rings. The van der Waals surface area contributed by atoms with Crippen molar-refractivity contribution in [3.63, 3.8) is 0 Å². The number of nitriles is 1. The zero-order valence-corrected chi connectivity index (χ0v) is 15.6. The van der Waals surface area contributed by atoms with Crippen LogP contribution in [0.25, 0.3) is 11.4 Å². The molecule has 130 valence electrons. The molecule has 8 heteroatoms. The lowest BCUT2D eigenvalue weighted by Crippen LogP contribution is -2.02. The molecular formula is C18H13ClN4O2S. The summed E-state index contributed by atoms with van der Waals surface area (Å²) < 4.78 is 5.26. The van der Waals surface area contributed by atoms with Gasteiger partial charge in [-0.1, -0.05) is 40.7 Å². The van der Waals surface area contributed by atoms with Gasteiger partial charge in [-0.3, -0.25) is 4.79 Å². The number of rotatable bonds is 5. The Hall–Kier alpha value is -2.69. The molecule has 26 heavy (non-hydrogen) atoms. The molecule has 0 aliphatic heterocycles. The highest BCUT2D eigenvalue weighted by atomic mass is 35.5. The SMILES string of the molecule is CC(=O)c1cc(C#N)c(SCc2nc(-c3ccccc3Cl)no2)nc1C. The largest absolute Gasteiger partial charge is 0.338 e. The van der Waals surface area contributed by atoms with E-state index in [-0.39, 0.29) is 5.78 Å². The number of pyridine rings is 1. The second-order valence-corrected chi connectivity index (χ2v) is 6.79. The van der Waals surface area contributed by atoms with Gasteiger partial charge in [-0.2, -0.15) is 10.2 Å². The summed E-state index contributed by atoms with van der Waals surface area (Å²) >= 11 is 7.44. The third kappa shape index (κ3) is 3.77. The van der Waals surface area contributed by atoms with Crippen LogP contribution >= 0.6 is 23.4 Å². The molecule has 0 amide bonds. The lowest BCUT2D eigenvalue weighted by molar-refractivity contribution is 0.101. The van der Waals surface area contributed by atoms with E-state index in [1.807, 2.05) is 18.2 Å². The lowest BCUT2D eigenvalue weighted by atomic mass is 10.1. The van der Waals surface area contributed by atoms with Crippen LogP contribution in [-0.4, -0.2) is 20.9 Å². The summed E-state index contributed by atoms with van der Waals surface area (Å²) in [5.41, 5.74) is 2.06. The van der Waals surface area contributed by atoms with Gasteiger partial charge >= 0.3 is 0 Å². The average Bonchev–Trinajstić information content (AvgIpc) is 3.08. The van der Waals surface area contributed by atoms with E-state index in [2.05, 4.69) is 21.2 Å². The molecule has 0 saturated heterocycles. The van der Waals surface area contributed by atoms with Crippen LogP contribution < -0.4 is 0 Å². The number of ketones is 1. The molecule has 1 aromatic carbocycles. The smallest absolute Gasteiger partial charge is 0.237 e. The molecule has 2 heterocycles. The van der Waals surface area contributed by atoms with Crippen LogP contribution in [0, 0.1) is 18.3 Å². The van der Waals surface area contributed by atoms with Crippen LogP contribution in [0.4, 0.5) is 0 Å². The maximum atomic E-state index is 11.6. The first kappa shape index (κ1) is 18.1. The first-order chi connectivity index (χ1) is 12.5. The van der Waals surface area contributed by atoms with Crippen molar-refractivity contribution in [1.82, 2.24) is 15.1 Å². The second-order valence-electron chi connectivity index (χ2n) is 5.42. The summed E-state index contributed by atoms with van der Waals surface area (Å²) in [6.07, 6.45) is 0. The molecule has 0 saturated carbocycles. The number of hydrogen-bond acceptors (Lipinski definition) is 7. The van der Waals surface area contributed by atoms with E-state index in [4.69, 9.17) is 16.1 Å². The molecule has 0 N–H and O–H groups in total. The van der Waals surface area contributed by atoms with Gasteiger partial charge in [0.15, 0.2) is 5.78 Å². The van der Waals surface area contributed by atoms with E-state index < -0.39 is 0 Å². The van der Waals surface area contributed by atoms with Crippen molar-refractivity contribution in [1.29, 1.82) is 5.26 Å². The maximum Gasteiger partial charge on any atom is 0.237 e. The minimum absolute atomic E-state index is 0.121. The Labute approximate surface area is 159 Å². The minimum atomic E-state index is -0.121. The number of carbonyl (C=O) groups is 1. The summed E-state index contributed by atoms with van der Waals surface area (Å²) in [6, 6.07) is 10.9. The minimum Gasteiger partial charge on any atom is -0.338 e. The van der Waals surface area contributed by atoms with Crippen LogP contribution in [0.1, 0.15) is 34.4 Å². The summed E-state index contributed by atoms with van der Waals surface area (Å²) in [6.45, 7) is 3.19. The van der Waals surface area contributed by atoms with Gasteiger partial charge in [-0.15, -0.1) is 0 Å². The van der Waals surface area contributed by atoms with E-state index in [1.165, 1.54) is 18.7 Å². The van der Waals surface area contributed by atoms with E-state index in [9.17, 15) is 10.1 Å². The summed E-state index contributed by atoms with van der Waals surface area (Å²) in [5, 5.41) is 14.3. The van der Waals surface area contributed by atoms with E-state index >= 15 is 0 Å². The molecule has 0 bridgehead atoms. The molecule has 0 aliphatic rings. The Balaban J connectivity index is 1.80. The molecule has 0 fully saturated rings. The molecule has 2 aromatic heterocycles. The zero-order valence-electron chi connectivity index (χ0n) is 14.0. The molecule has 3 rings (SSSR count). The van der Waals surface area contributed by atoms with Crippen molar-refractivity contribution in [3.05, 3.63) is 58.1 Å². The summed E-state index contributed by atoms with van der Waals surface area (Å²) in [5.74, 6) is 1.02. The highest BCUT2D eigenvalue weighted by molar-refractivity contribution is 7.98. The predicted octanol–water partition coefficient (Wildman–Crippen LogP) is 4.46. The van der Waals surface area contributed by atoms with Crippen LogP contribution in [0.5, 0.6) is 0 Å². The number of aromatic nitrogens is 3. The number of nitrogens with zero attached hydrogens (tertiary/aromatic N) is 4. The van der Waals surface area contributed by atoms with Gasteiger partial charge in [0.1, 0.15) is 11.1 Å². The number of aryl methyl sites for hydroxylation is 1. The Kier molecular flexibility index (Phi) is 5.35. The first-order valence-corrected chi connectivity index (χ1v) is 8.99. The zero-order chi connectivity index (χ0) is 18.7. The van der Waals surface area contributed by atoms with Gasteiger partial charge in [0, 0.05) is 16.8 Å². The molecular weight excluding hydrogens is 372 g/mol. The number of benzene rings is 1. The van der Waals surface area contributed by atoms with Crippen LogP contribution in [0.2, 0.25) is 5.02 Å². The maximum absolute atomic E-state index is 11.6. The monoisotopic (exact) mass is 384 g/mol. The van der Waals surface area contributed by atoms with Crippen molar-refractivity contribution >= 4 is 29.1 Å². The fourth-order valence-corrected chi connectivity index (χ4v) is 3.38. The van der Waals surface area contributed by atoms with Crippen LogP contribution in [-0.2, 0) is 5.75 Å². The number of thioether (sulfide) groups is 1. The van der Waals surface area contributed by atoms with E-state index in [0.29, 0.717) is 49.9 Å². The fraction of sp³-hybridized carbons (Fsp3) is 0.167. The van der Waals surface area contributed by atoms with Gasteiger partial charge < -0.3 is 4.52 Å². The van der Waals surface area contributed by atoms with Crippen molar-refractivity contribution in [2.45, 2.75) is 24.6 Å². The van der Waals surface area contributed by atoms with E-state index in [0.717, 1.165) is 0 Å². The standard InChI is InChI=1S/C18H13ClN4O2S/c1-10-14(11(2)24)7-12(8-20)18(21-10)26-9-16-22-17(23-25-16)13-5-3-4-6-15(13)19/h3-7H,9H2,1-2H3. The topological polar surface area (TPSA) is 92.7 Å². The highest BCUT2D eigenvalue weighted by Crippen LogP contribution is 2.28. The average molecular weight is 385 g/mol. The summed E-state index contributed by atoms with van der Waals surface area (Å²) in [7, 11) is 0. The van der Waals surface area contributed by atoms with Crippen LogP contribution in [0.3, 0.4) is 0 Å². The number of hydrogen-bond donors (Lipinski definition) is 0. The quantitative estimate of drug-likeness (QED) is 0.473. The van der Waals surface area contributed by atoms with E-state index in [1.54, 1.807) is 19.1 Å².